The van der Waals surface area contributed by atoms with Gasteiger partial charge in [0.1, 0.15) is 11.4 Å². The molecule has 0 radical (unpaired) electrons. The molecule has 0 N–H and O–H groups in total. The summed E-state index contributed by atoms with van der Waals surface area (Å²) in [5.41, 5.74) is 2.64. The van der Waals surface area contributed by atoms with Gasteiger partial charge in [-0.05, 0) is 34.9 Å². The van der Waals surface area contributed by atoms with E-state index in [-0.39, 0.29) is 0 Å². The molecule has 0 unspecified atom stereocenters. The standard InChI is InChI=1S/C22H15NO2/c1-24-19-10-5-9-18(14-19)22-15-20(25-23-22)13-12-17-8-4-7-16-6-2-3-11-21(16)17/h2-11,14-15H,1H3. The van der Waals surface area contributed by atoms with Crippen molar-refractivity contribution >= 4 is 10.8 Å². The molecule has 4 aromatic rings. The molecule has 3 nitrogen and oxygen atoms in total. The zero-order chi connectivity index (χ0) is 17.1. The van der Waals surface area contributed by atoms with Crippen LogP contribution < -0.4 is 4.74 Å². The van der Waals surface area contributed by atoms with Gasteiger partial charge in [-0.3, -0.25) is 0 Å². The molecule has 0 aliphatic heterocycles. The van der Waals surface area contributed by atoms with Gasteiger partial charge in [-0.2, -0.15) is 0 Å². The Hall–Kier alpha value is -3.51. The zero-order valence-electron chi connectivity index (χ0n) is 13.7. The lowest BCUT2D eigenvalue weighted by molar-refractivity contribution is 0.411. The van der Waals surface area contributed by atoms with Gasteiger partial charge >= 0.3 is 0 Å². The van der Waals surface area contributed by atoms with Gasteiger partial charge in [0.15, 0.2) is 0 Å². The highest BCUT2D eigenvalue weighted by Gasteiger charge is 2.06. The molecule has 3 heteroatoms. The molecular weight excluding hydrogens is 310 g/mol. The summed E-state index contributed by atoms with van der Waals surface area (Å²) in [6.07, 6.45) is 0. The first-order valence-corrected chi connectivity index (χ1v) is 7.94. The number of methoxy groups -OCH3 is 1. The molecule has 0 fully saturated rings. The number of nitrogens with zero attached hydrogens (tertiary/aromatic N) is 1. The Morgan fingerprint density at radius 1 is 0.880 bits per heavy atom. The number of hydrogen-bond acceptors (Lipinski definition) is 3. The van der Waals surface area contributed by atoms with Gasteiger partial charge < -0.3 is 9.26 Å². The van der Waals surface area contributed by atoms with Crippen LogP contribution in [-0.4, -0.2) is 12.3 Å². The summed E-state index contributed by atoms with van der Waals surface area (Å²) >= 11 is 0. The first kappa shape index (κ1) is 15.0. The van der Waals surface area contributed by atoms with Gasteiger partial charge in [0, 0.05) is 17.2 Å². The van der Waals surface area contributed by atoms with E-state index < -0.39 is 0 Å². The van der Waals surface area contributed by atoms with Crippen molar-refractivity contribution in [2.75, 3.05) is 7.11 Å². The summed E-state index contributed by atoms with van der Waals surface area (Å²) in [6.45, 7) is 0. The summed E-state index contributed by atoms with van der Waals surface area (Å²) in [5.74, 6) is 7.56. The maximum absolute atomic E-state index is 5.36. The van der Waals surface area contributed by atoms with Crippen molar-refractivity contribution in [3.05, 3.63) is 84.1 Å². The van der Waals surface area contributed by atoms with Gasteiger partial charge in [0.2, 0.25) is 5.76 Å². The van der Waals surface area contributed by atoms with Crippen LogP contribution in [0.4, 0.5) is 0 Å². The molecule has 25 heavy (non-hydrogen) atoms. The molecule has 1 heterocycles. The summed E-state index contributed by atoms with van der Waals surface area (Å²) in [7, 11) is 1.64. The van der Waals surface area contributed by atoms with Crippen molar-refractivity contribution in [2.45, 2.75) is 0 Å². The molecule has 0 spiro atoms. The van der Waals surface area contributed by atoms with E-state index in [0.29, 0.717) is 5.76 Å². The number of ether oxygens (including phenoxy) is 1. The second kappa shape index (κ2) is 6.54. The highest BCUT2D eigenvalue weighted by Crippen LogP contribution is 2.23. The van der Waals surface area contributed by atoms with Gasteiger partial charge in [0.25, 0.3) is 0 Å². The Morgan fingerprint density at radius 2 is 1.72 bits per heavy atom. The van der Waals surface area contributed by atoms with Crippen LogP contribution in [0, 0.1) is 11.8 Å². The normalized spacial score (nSPS) is 10.3. The second-order valence-electron chi connectivity index (χ2n) is 5.59. The fraction of sp³-hybridized carbons (Fsp3) is 0.0455. The molecule has 3 aromatic carbocycles. The summed E-state index contributed by atoms with van der Waals surface area (Å²) in [5, 5.41) is 6.40. The lowest BCUT2D eigenvalue weighted by Gasteiger charge is -2.00. The Labute approximate surface area is 145 Å². The van der Waals surface area contributed by atoms with E-state index in [0.717, 1.165) is 28.0 Å². The van der Waals surface area contributed by atoms with E-state index in [1.807, 2.05) is 54.6 Å². The van der Waals surface area contributed by atoms with Crippen molar-refractivity contribution in [1.29, 1.82) is 0 Å². The molecule has 0 aliphatic rings. The van der Waals surface area contributed by atoms with Crippen LogP contribution in [0.1, 0.15) is 11.3 Å². The first-order valence-electron chi connectivity index (χ1n) is 7.94. The van der Waals surface area contributed by atoms with Crippen LogP contribution >= 0.6 is 0 Å². The fourth-order valence-corrected chi connectivity index (χ4v) is 2.72. The van der Waals surface area contributed by atoms with Crippen LogP contribution in [0.2, 0.25) is 0 Å². The maximum atomic E-state index is 5.36. The third kappa shape index (κ3) is 3.11. The third-order valence-corrected chi connectivity index (χ3v) is 3.99. The van der Waals surface area contributed by atoms with Crippen LogP contribution in [0.15, 0.2) is 77.3 Å². The Kier molecular flexibility index (Phi) is 3.94. The Morgan fingerprint density at radius 3 is 2.64 bits per heavy atom. The predicted octanol–water partition coefficient (Wildman–Crippen LogP) is 4.90. The van der Waals surface area contributed by atoms with Gasteiger partial charge in [-0.15, -0.1) is 0 Å². The zero-order valence-corrected chi connectivity index (χ0v) is 13.7. The van der Waals surface area contributed by atoms with Crippen molar-refractivity contribution in [3.63, 3.8) is 0 Å². The quantitative estimate of drug-likeness (QED) is 0.492. The topological polar surface area (TPSA) is 35.3 Å². The minimum atomic E-state index is 0.533. The molecule has 0 saturated carbocycles. The molecule has 4 rings (SSSR count). The van der Waals surface area contributed by atoms with Crippen LogP contribution in [0.25, 0.3) is 22.0 Å². The monoisotopic (exact) mass is 325 g/mol. The van der Waals surface area contributed by atoms with E-state index in [1.165, 1.54) is 5.39 Å². The van der Waals surface area contributed by atoms with Crippen LogP contribution in [0.5, 0.6) is 5.75 Å². The summed E-state index contributed by atoms with van der Waals surface area (Å²) < 4.78 is 10.6. The minimum Gasteiger partial charge on any atom is -0.497 e. The van der Waals surface area contributed by atoms with E-state index in [4.69, 9.17) is 9.26 Å². The predicted molar refractivity (Wildman–Crippen MR) is 98.4 cm³/mol. The van der Waals surface area contributed by atoms with Crippen LogP contribution in [0.3, 0.4) is 0 Å². The van der Waals surface area contributed by atoms with Gasteiger partial charge in [-0.1, -0.05) is 59.6 Å². The summed E-state index contributed by atoms with van der Waals surface area (Å²) in [4.78, 5) is 0. The number of fused-ring (bicyclic) bond motifs is 1. The first-order chi connectivity index (χ1) is 12.3. The molecule has 0 bridgehead atoms. The molecule has 0 aliphatic carbocycles. The second-order valence-corrected chi connectivity index (χ2v) is 5.59. The average Bonchev–Trinajstić information content (AvgIpc) is 3.15. The van der Waals surface area contributed by atoms with Crippen molar-refractivity contribution < 1.29 is 9.26 Å². The molecule has 1 aromatic heterocycles. The van der Waals surface area contributed by atoms with E-state index in [9.17, 15) is 0 Å². The molecular formula is C22H15NO2. The van der Waals surface area contributed by atoms with Gasteiger partial charge in [0.05, 0.1) is 7.11 Å². The average molecular weight is 325 g/mol. The summed E-state index contributed by atoms with van der Waals surface area (Å²) in [6, 6.07) is 23.8. The number of aromatic nitrogens is 1. The van der Waals surface area contributed by atoms with Crippen LogP contribution in [-0.2, 0) is 0 Å². The molecule has 0 atom stereocenters. The molecule has 0 saturated heterocycles. The minimum absolute atomic E-state index is 0.533. The largest absolute Gasteiger partial charge is 0.497 e. The SMILES string of the molecule is COc1cccc(-c2cc(C#Cc3cccc4ccccc34)on2)c1. The lowest BCUT2D eigenvalue weighted by atomic mass is 10.1. The van der Waals surface area contributed by atoms with E-state index in [1.54, 1.807) is 7.11 Å². The molecule has 0 amide bonds. The number of rotatable bonds is 2. The fourth-order valence-electron chi connectivity index (χ4n) is 2.72. The van der Waals surface area contributed by atoms with E-state index >= 15 is 0 Å². The van der Waals surface area contributed by atoms with Gasteiger partial charge in [-0.25, -0.2) is 0 Å². The van der Waals surface area contributed by atoms with Crippen molar-refractivity contribution in [2.24, 2.45) is 0 Å². The highest BCUT2D eigenvalue weighted by molar-refractivity contribution is 5.88. The van der Waals surface area contributed by atoms with Crippen molar-refractivity contribution in [1.82, 2.24) is 5.16 Å². The lowest BCUT2D eigenvalue weighted by Crippen LogP contribution is -1.83. The van der Waals surface area contributed by atoms with E-state index in [2.05, 4.69) is 35.2 Å². The maximum Gasteiger partial charge on any atom is 0.210 e. The number of benzene rings is 3. The third-order valence-electron chi connectivity index (χ3n) is 3.99. The molecule has 120 valence electrons. The number of hydrogen-bond donors (Lipinski definition) is 0. The Bertz CT molecular complexity index is 1090. The Balaban J connectivity index is 1.67. The smallest absolute Gasteiger partial charge is 0.210 e. The van der Waals surface area contributed by atoms with Crippen molar-refractivity contribution in [3.8, 4) is 28.8 Å². The highest BCUT2D eigenvalue weighted by atomic mass is 16.5.